The van der Waals surface area contributed by atoms with Crippen LogP contribution in [0.1, 0.15) is 0 Å². The molecule has 0 radical (unpaired) electrons. The van der Waals surface area contributed by atoms with Crippen LogP contribution in [-0.2, 0) is 0 Å². The van der Waals surface area contributed by atoms with Crippen molar-refractivity contribution in [3.05, 3.63) is 52.5 Å². The van der Waals surface area contributed by atoms with E-state index in [0.717, 1.165) is 0 Å². The Morgan fingerprint density at radius 3 is 2.14 bits per heavy atom. The fourth-order valence-corrected chi connectivity index (χ4v) is 2.12. The van der Waals surface area contributed by atoms with E-state index in [4.69, 9.17) is 35.4 Å². The minimum absolute atomic E-state index is 0.0731. The number of rotatable bonds is 4. The van der Waals surface area contributed by atoms with Gasteiger partial charge in [0.1, 0.15) is 5.75 Å². The van der Waals surface area contributed by atoms with E-state index in [1.165, 1.54) is 12.1 Å². The minimum atomic E-state index is -2.85. The van der Waals surface area contributed by atoms with Gasteiger partial charge in [-0.15, -0.1) is 0 Å². The molecule has 3 nitrogen and oxygen atoms in total. The molecule has 0 atom stereocenters. The smallest absolute Gasteiger partial charge is 0.387 e. The zero-order chi connectivity index (χ0) is 16.1. The third-order valence-corrected chi connectivity index (χ3v) is 3.46. The third-order valence-electron chi connectivity index (χ3n) is 2.51. The van der Waals surface area contributed by atoms with Gasteiger partial charge in [-0.25, -0.2) is 0 Å². The van der Waals surface area contributed by atoms with E-state index >= 15 is 0 Å². The fraction of sp³-hybridized carbons (Fsp3) is 0.0714. The van der Waals surface area contributed by atoms with Crippen LogP contribution in [0.2, 0.25) is 10.0 Å². The van der Waals surface area contributed by atoms with Crippen molar-refractivity contribution in [3.63, 3.8) is 0 Å². The van der Waals surface area contributed by atoms with Crippen LogP contribution in [0.25, 0.3) is 0 Å². The molecule has 0 heterocycles. The van der Waals surface area contributed by atoms with Crippen molar-refractivity contribution in [1.29, 1.82) is 0 Å². The number of alkyl halides is 2. The zero-order valence-corrected chi connectivity index (χ0v) is 13.3. The van der Waals surface area contributed by atoms with E-state index in [9.17, 15) is 8.78 Å². The molecule has 2 aromatic rings. The number of benzene rings is 2. The lowest BCUT2D eigenvalue weighted by atomic mass is 10.3. The molecule has 0 unspecified atom stereocenters. The maximum absolute atomic E-state index is 12.0. The summed E-state index contributed by atoms with van der Waals surface area (Å²) in [6.07, 6.45) is 0. The average Bonchev–Trinajstić information content (AvgIpc) is 2.44. The highest BCUT2D eigenvalue weighted by Crippen LogP contribution is 2.25. The Morgan fingerprint density at radius 2 is 1.55 bits per heavy atom. The number of anilines is 2. The molecule has 0 bridgehead atoms. The number of thiocarbonyl (C=S) groups is 1. The maximum Gasteiger partial charge on any atom is 0.387 e. The summed E-state index contributed by atoms with van der Waals surface area (Å²) in [4.78, 5) is 0. The first kappa shape index (κ1) is 16.7. The molecule has 0 amide bonds. The Morgan fingerprint density at radius 1 is 0.955 bits per heavy atom. The number of ether oxygens (including phenoxy) is 1. The monoisotopic (exact) mass is 362 g/mol. The summed E-state index contributed by atoms with van der Waals surface area (Å²) in [5.41, 5.74) is 1.30. The van der Waals surface area contributed by atoms with E-state index in [1.54, 1.807) is 30.3 Å². The van der Waals surface area contributed by atoms with Gasteiger partial charge in [0, 0.05) is 11.4 Å². The van der Waals surface area contributed by atoms with Crippen LogP contribution in [0.5, 0.6) is 5.75 Å². The Balaban J connectivity index is 1.95. The van der Waals surface area contributed by atoms with Gasteiger partial charge in [0.25, 0.3) is 0 Å². The molecular formula is C14H10Cl2F2N2OS. The van der Waals surface area contributed by atoms with Crippen molar-refractivity contribution in [3.8, 4) is 5.75 Å². The highest BCUT2D eigenvalue weighted by Gasteiger charge is 2.05. The molecule has 2 aromatic carbocycles. The molecule has 116 valence electrons. The van der Waals surface area contributed by atoms with Crippen molar-refractivity contribution in [2.75, 3.05) is 10.6 Å². The Kier molecular flexibility index (Phi) is 5.76. The van der Waals surface area contributed by atoms with Gasteiger partial charge < -0.3 is 15.4 Å². The number of halogens is 4. The van der Waals surface area contributed by atoms with E-state index in [1.807, 2.05) is 0 Å². The molecular weight excluding hydrogens is 353 g/mol. The Hall–Kier alpha value is -1.63. The van der Waals surface area contributed by atoms with Crippen LogP contribution >= 0.6 is 35.4 Å². The van der Waals surface area contributed by atoms with E-state index in [-0.39, 0.29) is 5.75 Å². The normalized spacial score (nSPS) is 10.4. The number of nitrogens with one attached hydrogen (secondary N) is 2. The van der Waals surface area contributed by atoms with Gasteiger partial charge >= 0.3 is 6.61 Å². The number of hydrogen-bond acceptors (Lipinski definition) is 2. The van der Waals surface area contributed by atoms with E-state index < -0.39 is 6.61 Å². The molecule has 0 saturated carbocycles. The van der Waals surface area contributed by atoms with Crippen molar-refractivity contribution < 1.29 is 13.5 Å². The molecule has 8 heteroatoms. The van der Waals surface area contributed by atoms with Crippen molar-refractivity contribution in [2.45, 2.75) is 6.61 Å². The van der Waals surface area contributed by atoms with Crippen molar-refractivity contribution >= 4 is 51.9 Å². The van der Waals surface area contributed by atoms with E-state index in [0.29, 0.717) is 26.5 Å². The van der Waals surface area contributed by atoms with Crippen LogP contribution < -0.4 is 15.4 Å². The van der Waals surface area contributed by atoms with Crippen LogP contribution in [-0.4, -0.2) is 11.7 Å². The SMILES string of the molecule is FC(F)Oc1ccc(NC(=S)Nc2ccc(Cl)c(Cl)c2)cc1. The van der Waals surface area contributed by atoms with Crippen molar-refractivity contribution in [2.24, 2.45) is 0 Å². The van der Waals surface area contributed by atoms with Gasteiger partial charge in [0.15, 0.2) is 5.11 Å². The first-order valence-electron chi connectivity index (χ1n) is 6.02. The van der Waals surface area contributed by atoms with Crippen LogP contribution in [0.15, 0.2) is 42.5 Å². The molecule has 22 heavy (non-hydrogen) atoms. The molecule has 2 N–H and O–H groups in total. The summed E-state index contributed by atoms with van der Waals surface area (Å²) in [5, 5.41) is 7.01. The molecule has 0 spiro atoms. The molecule has 0 aromatic heterocycles. The highest BCUT2D eigenvalue weighted by molar-refractivity contribution is 7.80. The summed E-state index contributed by atoms with van der Waals surface area (Å²) in [6.45, 7) is -2.85. The van der Waals surface area contributed by atoms with Gasteiger partial charge in [0.05, 0.1) is 10.0 Å². The van der Waals surface area contributed by atoms with Crippen LogP contribution in [0.3, 0.4) is 0 Å². The fourth-order valence-electron chi connectivity index (χ4n) is 1.59. The van der Waals surface area contributed by atoms with Crippen LogP contribution in [0, 0.1) is 0 Å². The Bertz CT molecular complexity index is 668. The van der Waals surface area contributed by atoms with Crippen LogP contribution in [0.4, 0.5) is 20.2 Å². The summed E-state index contributed by atoms with van der Waals surface area (Å²) in [6, 6.07) is 11.0. The Labute approximate surface area is 141 Å². The predicted octanol–water partition coefficient (Wildman–Crippen LogP) is 5.40. The first-order chi connectivity index (χ1) is 10.4. The highest BCUT2D eigenvalue weighted by atomic mass is 35.5. The molecule has 0 aliphatic carbocycles. The van der Waals surface area contributed by atoms with Gasteiger partial charge in [0.2, 0.25) is 0 Å². The second kappa shape index (κ2) is 7.58. The molecule has 0 aliphatic rings. The van der Waals surface area contributed by atoms with Gasteiger partial charge in [-0.05, 0) is 54.7 Å². The molecule has 0 saturated heterocycles. The lowest BCUT2D eigenvalue weighted by Crippen LogP contribution is -2.19. The summed E-state index contributed by atoms with van der Waals surface area (Å²) in [7, 11) is 0. The lowest BCUT2D eigenvalue weighted by Gasteiger charge is -2.12. The number of hydrogen-bond donors (Lipinski definition) is 2. The quantitative estimate of drug-likeness (QED) is 0.713. The lowest BCUT2D eigenvalue weighted by molar-refractivity contribution is -0.0498. The second-order valence-electron chi connectivity index (χ2n) is 4.11. The largest absolute Gasteiger partial charge is 0.435 e. The molecule has 0 fully saturated rings. The minimum Gasteiger partial charge on any atom is -0.435 e. The third kappa shape index (κ3) is 4.98. The average molecular weight is 363 g/mol. The van der Waals surface area contributed by atoms with Gasteiger partial charge in [-0.2, -0.15) is 8.78 Å². The van der Waals surface area contributed by atoms with E-state index in [2.05, 4.69) is 15.4 Å². The molecule has 0 aliphatic heterocycles. The topological polar surface area (TPSA) is 33.3 Å². The summed E-state index contributed by atoms with van der Waals surface area (Å²) < 4.78 is 28.3. The first-order valence-corrected chi connectivity index (χ1v) is 7.18. The maximum atomic E-state index is 12.0. The summed E-state index contributed by atoms with van der Waals surface area (Å²) in [5.74, 6) is 0.0731. The second-order valence-corrected chi connectivity index (χ2v) is 5.33. The van der Waals surface area contributed by atoms with Gasteiger partial charge in [-0.1, -0.05) is 23.2 Å². The zero-order valence-electron chi connectivity index (χ0n) is 10.9. The predicted molar refractivity (Wildman–Crippen MR) is 89.4 cm³/mol. The molecule has 2 rings (SSSR count). The standard InChI is InChI=1S/C14H10Cl2F2N2OS/c15-11-6-3-9(7-12(11)16)20-14(22)19-8-1-4-10(5-2-8)21-13(17)18/h1-7,13H,(H2,19,20,22). The van der Waals surface area contributed by atoms with Crippen molar-refractivity contribution in [1.82, 2.24) is 0 Å². The summed E-state index contributed by atoms with van der Waals surface area (Å²) >= 11 is 16.9. The van der Waals surface area contributed by atoms with Gasteiger partial charge in [-0.3, -0.25) is 0 Å².